The first kappa shape index (κ1) is 27.6. The van der Waals surface area contributed by atoms with Crippen molar-refractivity contribution in [1.82, 2.24) is 10.2 Å². The van der Waals surface area contributed by atoms with Crippen molar-refractivity contribution in [3.8, 4) is 0 Å². The van der Waals surface area contributed by atoms with Crippen molar-refractivity contribution in [3.05, 3.63) is 0 Å². The minimum absolute atomic E-state index is 0.0362. The fraction of sp³-hybridized carbons (Fsp3) is 0.778. The van der Waals surface area contributed by atoms with E-state index < -0.39 is 36.0 Å². The Morgan fingerprint density at radius 3 is 2.20 bits per heavy atom. The molecular weight excluding hydrogens is 396 g/mol. The summed E-state index contributed by atoms with van der Waals surface area (Å²) in [5.41, 5.74) is 21.9. The number of carbonyl (C=O) groups excluding carboxylic acids is 3. The van der Waals surface area contributed by atoms with Crippen molar-refractivity contribution < 1.29 is 29.0 Å². The maximum absolute atomic E-state index is 12.6. The Balaban J connectivity index is 4.95. The van der Waals surface area contributed by atoms with Crippen molar-refractivity contribution in [3.63, 3.8) is 0 Å². The quantitative estimate of drug-likeness (QED) is 0.116. The molecular formula is C18H36N6O6. The molecule has 174 valence electrons. The molecule has 0 aromatic rings. The zero-order valence-corrected chi connectivity index (χ0v) is 17.4. The van der Waals surface area contributed by atoms with Crippen molar-refractivity contribution >= 4 is 23.9 Å². The predicted molar refractivity (Wildman–Crippen MR) is 110 cm³/mol. The van der Waals surface area contributed by atoms with Crippen LogP contribution in [0.15, 0.2) is 0 Å². The van der Waals surface area contributed by atoms with E-state index in [9.17, 15) is 19.2 Å². The highest BCUT2D eigenvalue weighted by Crippen LogP contribution is 2.05. The molecule has 0 aliphatic carbocycles. The number of carboxylic acid groups (broad SMARTS) is 1. The zero-order valence-electron chi connectivity index (χ0n) is 17.4. The minimum Gasteiger partial charge on any atom is -0.450 e. The summed E-state index contributed by atoms with van der Waals surface area (Å²) in [6, 6.07) is -1.50. The van der Waals surface area contributed by atoms with Crippen LogP contribution in [0.25, 0.3) is 0 Å². The monoisotopic (exact) mass is 432 g/mol. The average molecular weight is 433 g/mol. The summed E-state index contributed by atoms with van der Waals surface area (Å²) < 4.78 is 4.57. The van der Waals surface area contributed by atoms with Gasteiger partial charge in [-0.05, 0) is 45.2 Å². The van der Waals surface area contributed by atoms with Gasteiger partial charge >= 0.3 is 6.16 Å². The third-order valence-electron chi connectivity index (χ3n) is 4.33. The second kappa shape index (κ2) is 16.4. The molecule has 0 fully saturated rings. The number of nitrogens with two attached hydrogens (primary N) is 4. The Morgan fingerprint density at radius 2 is 1.63 bits per heavy atom. The number of nitrogens with one attached hydrogen (secondary N) is 1. The maximum atomic E-state index is 12.6. The van der Waals surface area contributed by atoms with Gasteiger partial charge in [0.2, 0.25) is 17.7 Å². The fourth-order valence-corrected chi connectivity index (χ4v) is 2.72. The maximum Gasteiger partial charge on any atom is 0.505 e. The summed E-state index contributed by atoms with van der Waals surface area (Å²) >= 11 is 0. The molecule has 12 heteroatoms. The van der Waals surface area contributed by atoms with E-state index in [4.69, 9.17) is 28.0 Å². The molecule has 0 aromatic heterocycles. The van der Waals surface area contributed by atoms with E-state index in [2.05, 4.69) is 10.1 Å². The van der Waals surface area contributed by atoms with Crippen molar-refractivity contribution in [2.75, 3.05) is 32.8 Å². The van der Waals surface area contributed by atoms with Crippen LogP contribution in [0, 0.1) is 0 Å². The van der Waals surface area contributed by atoms with Crippen molar-refractivity contribution in [1.29, 1.82) is 0 Å². The molecule has 3 amide bonds. The van der Waals surface area contributed by atoms with Crippen LogP contribution in [0.5, 0.6) is 0 Å². The molecule has 0 rings (SSSR count). The standard InChI is InChI=1S/C18H36N6O6/c19-8-2-1-5-13(12-30-18(28)29)23-16(26)11-24(10-4-3-9-20)17(27)14(21)6-7-15(22)25/h13-14H,1-12,19-21H2,(H2,22,25)(H,23,26)(H,28,29)/t13-,14-/m1/s1. The number of nitrogens with zero attached hydrogens (tertiary/aromatic N) is 1. The first-order valence-corrected chi connectivity index (χ1v) is 10.1. The summed E-state index contributed by atoms with van der Waals surface area (Å²) in [4.78, 5) is 48.0. The Bertz CT molecular complexity index is 547. The first-order chi connectivity index (χ1) is 14.2. The van der Waals surface area contributed by atoms with Crippen LogP contribution in [0.4, 0.5) is 4.79 Å². The lowest BCUT2D eigenvalue weighted by atomic mass is 10.1. The highest BCUT2D eigenvalue weighted by molar-refractivity contribution is 5.88. The number of unbranched alkanes of at least 4 members (excludes halogenated alkanes) is 2. The van der Waals surface area contributed by atoms with Crippen molar-refractivity contribution in [2.24, 2.45) is 22.9 Å². The lowest BCUT2D eigenvalue weighted by Gasteiger charge is -2.26. The second-order valence-corrected chi connectivity index (χ2v) is 6.99. The van der Waals surface area contributed by atoms with E-state index in [-0.39, 0.29) is 32.5 Å². The van der Waals surface area contributed by atoms with E-state index in [0.717, 1.165) is 6.42 Å². The summed E-state index contributed by atoms with van der Waals surface area (Å²) in [6.07, 6.45) is 1.74. The van der Waals surface area contributed by atoms with Crippen LogP contribution in [-0.4, -0.2) is 78.8 Å². The molecule has 0 aliphatic rings. The van der Waals surface area contributed by atoms with Gasteiger partial charge in [0.1, 0.15) is 6.61 Å². The van der Waals surface area contributed by atoms with Crippen LogP contribution in [0.3, 0.4) is 0 Å². The molecule has 0 saturated heterocycles. The minimum atomic E-state index is -1.44. The number of hydrogen-bond donors (Lipinski definition) is 6. The Kier molecular flexibility index (Phi) is 15.0. The molecule has 2 atom stereocenters. The van der Waals surface area contributed by atoms with Gasteiger partial charge in [-0.1, -0.05) is 6.42 Å². The third kappa shape index (κ3) is 13.7. The van der Waals surface area contributed by atoms with Crippen LogP contribution in [0.1, 0.15) is 44.9 Å². The van der Waals surface area contributed by atoms with E-state index in [1.54, 1.807) is 0 Å². The molecule has 0 aromatic carbocycles. The normalized spacial score (nSPS) is 12.6. The summed E-state index contributed by atoms with van der Waals surface area (Å²) in [6.45, 7) is 0.737. The summed E-state index contributed by atoms with van der Waals surface area (Å²) in [5.74, 6) is -1.50. The number of carbonyl (C=O) groups is 4. The molecule has 0 unspecified atom stereocenters. The second-order valence-electron chi connectivity index (χ2n) is 6.99. The van der Waals surface area contributed by atoms with Crippen LogP contribution in [0.2, 0.25) is 0 Å². The van der Waals surface area contributed by atoms with E-state index in [0.29, 0.717) is 38.8 Å². The number of rotatable bonds is 17. The van der Waals surface area contributed by atoms with Gasteiger partial charge in [0.15, 0.2) is 0 Å². The lowest BCUT2D eigenvalue weighted by molar-refractivity contribution is -0.137. The summed E-state index contributed by atoms with van der Waals surface area (Å²) in [7, 11) is 0. The number of primary amides is 1. The fourth-order valence-electron chi connectivity index (χ4n) is 2.72. The number of hydrogen-bond acceptors (Lipinski definition) is 8. The number of ether oxygens (including phenoxy) is 1. The first-order valence-electron chi connectivity index (χ1n) is 10.1. The summed E-state index contributed by atoms with van der Waals surface area (Å²) in [5, 5.41) is 11.4. The average Bonchev–Trinajstić information content (AvgIpc) is 2.68. The highest BCUT2D eigenvalue weighted by Gasteiger charge is 2.24. The van der Waals surface area contributed by atoms with E-state index >= 15 is 0 Å². The van der Waals surface area contributed by atoms with Gasteiger partial charge in [0, 0.05) is 13.0 Å². The van der Waals surface area contributed by atoms with Gasteiger partial charge in [-0.25, -0.2) is 4.79 Å². The van der Waals surface area contributed by atoms with Gasteiger partial charge in [-0.3, -0.25) is 14.4 Å². The van der Waals surface area contributed by atoms with Crippen LogP contribution < -0.4 is 28.3 Å². The molecule has 0 spiro atoms. The van der Waals surface area contributed by atoms with Gasteiger partial charge in [-0.2, -0.15) is 0 Å². The predicted octanol–water partition coefficient (Wildman–Crippen LogP) is -1.54. The molecule has 12 nitrogen and oxygen atoms in total. The largest absolute Gasteiger partial charge is 0.505 e. The Labute approximate surface area is 176 Å². The molecule has 10 N–H and O–H groups in total. The van der Waals surface area contributed by atoms with Crippen LogP contribution in [-0.2, 0) is 19.1 Å². The molecule has 30 heavy (non-hydrogen) atoms. The van der Waals surface area contributed by atoms with Gasteiger partial charge in [0.25, 0.3) is 0 Å². The number of amides is 3. The molecule has 0 saturated carbocycles. The van der Waals surface area contributed by atoms with Gasteiger partial charge in [-0.15, -0.1) is 0 Å². The zero-order chi connectivity index (χ0) is 22.9. The molecule has 0 heterocycles. The van der Waals surface area contributed by atoms with Gasteiger partial charge in [0.05, 0.1) is 18.6 Å². The van der Waals surface area contributed by atoms with Crippen LogP contribution >= 0.6 is 0 Å². The lowest BCUT2D eigenvalue weighted by Crippen LogP contribution is -2.50. The van der Waals surface area contributed by atoms with Crippen molar-refractivity contribution in [2.45, 2.75) is 57.0 Å². The smallest absolute Gasteiger partial charge is 0.450 e. The van der Waals surface area contributed by atoms with E-state index in [1.165, 1.54) is 4.90 Å². The molecule has 0 radical (unpaired) electrons. The third-order valence-corrected chi connectivity index (χ3v) is 4.33. The van der Waals surface area contributed by atoms with E-state index in [1.807, 2.05) is 0 Å². The molecule has 0 bridgehead atoms. The Morgan fingerprint density at radius 1 is 1.00 bits per heavy atom. The molecule has 0 aliphatic heterocycles. The SMILES string of the molecule is NCCCC[C@H](COC(=O)O)NC(=O)CN(CCCCN)C(=O)[C@H](N)CCC(N)=O. The Hall–Kier alpha value is -2.44. The van der Waals surface area contributed by atoms with Gasteiger partial charge < -0.3 is 43.0 Å². The highest BCUT2D eigenvalue weighted by atomic mass is 16.7. The topological polar surface area (TPSA) is 217 Å².